The number of nitrogens with one attached hydrogen (secondary N) is 1. The van der Waals surface area contributed by atoms with Crippen LogP contribution in [0.5, 0.6) is 0 Å². The van der Waals surface area contributed by atoms with Gasteiger partial charge in [0.2, 0.25) is 5.91 Å². The molecule has 0 saturated carbocycles. The van der Waals surface area contributed by atoms with Gasteiger partial charge in [0.1, 0.15) is 0 Å². The molecule has 0 aromatic heterocycles. The van der Waals surface area contributed by atoms with Gasteiger partial charge < -0.3 is 10.4 Å². The highest BCUT2D eigenvalue weighted by Crippen LogP contribution is 2.25. The lowest BCUT2D eigenvalue weighted by atomic mass is 9.81. The van der Waals surface area contributed by atoms with Crippen LogP contribution in [0.15, 0.2) is 35.2 Å². The Balaban J connectivity index is 2.36. The third kappa shape index (κ3) is 5.55. The van der Waals surface area contributed by atoms with Crippen LogP contribution in [0.2, 0.25) is 0 Å². The molecule has 0 radical (unpaired) electrons. The Morgan fingerprint density at radius 1 is 1.30 bits per heavy atom. The molecule has 1 aromatic rings. The van der Waals surface area contributed by atoms with E-state index in [1.807, 2.05) is 58.0 Å². The minimum Gasteiger partial charge on any atom is -0.392 e. The van der Waals surface area contributed by atoms with Gasteiger partial charge in [-0.15, -0.1) is 11.8 Å². The maximum absolute atomic E-state index is 11.8. The summed E-state index contributed by atoms with van der Waals surface area (Å²) in [5.74, 6) is 0.584. The van der Waals surface area contributed by atoms with Crippen molar-refractivity contribution in [3.63, 3.8) is 0 Å². The first-order valence-corrected chi connectivity index (χ1v) is 7.94. The van der Waals surface area contributed by atoms with E-state index < -0.39 is 6.10 Å². The molecule has 1 atom stereocenters. The van der Waals surface area contributed by atoms with Crippen molar-refractivity contribution < 1.29 is 9.90 Å². The van der Waals surface area contributed by atoms with Gasteiger partial charge in [-0.1, -0.05) is 45.9 Å². The van der Waals surface area contributed by atoms with Gasteiger partial charge in [0, 0.05) is 16.9 Å². The van der Waals surface area contributed by atoms with E-state index in [4.69, 9.17) is 0 Å². The van der Waals surface area contributed by atoms with Gasteiger partial charge in [0.05, 0.1) is 11.9 Å². The fourth-order valence-electron chi connectivity index (χ4n) is 2.05. The molecule has 2 N–H and O–H groups in total. The molecule has 0 fully saturated rings. The highest BCUT2D eigenvalue weighted by atomic mass is 32.2. The molecule has 0 aliphatic rings. The molecule has 0 bridgehead atoms. The third-order valence-electron chi connectivity index (χ3n) is 3.29. The molecule has 0 saturated heterocycles. The second-order valence-electron chi connectivity index (χ2n) is 6.06. The van der Waals surface area contributed by atoms with Crippen LogP contribution in [0, 0.1) is 11.3 Å². The number of amides is 1. The van der Waals surface area contributed by atoms with Crippen molar-refractivity contribution in [3.8, 4) is 0 Å². The van der Waals surface area contributed by atoms with Gasteiger partial charge in [-0.05, 0) is 18.1 Å². The normalized spacial score (nSPS) is 13.3. The SMILES string of the molecule is CC(C)C(O)C(C)(C)CNC(=O)CSc1ccccc1. The molecular weight excluding hydrogens is 270 g/mol. The Bertz CT molecular complexity index is 418. The van der Waals surface area contributed by atoms with Gasteiger partial charge in [0.25, 0.3) is 0 Å². The highest BCUT2D eigenvalue weighted by Gasteiger charge is 2.30. The summed E-state index contributed by atoms with van der Waals surface area (Å²) in [4.78, 5) is 12.9. The smallest absolute Gasteiger partial charge is 0.230 e. The largest absolute Gasteiger partial charge is 0.392 e. The van der Waals surface area contributed by atoms with Crippen molar-refractivity contribution in [1.82, 2.24) is 5.32 Å². The Labute approximate surface area is 126 Å². The molecule has 4 heteroatoms. The standard InChI is InChI=1S/C16H25NO2S/c1-12(2)15(19)16(3,4)11-17-14(18)10-20-13-8-6-5-7-9-13/h5-9,12,15,19H,10-11H2,1-4H3,(H,17,18). The summed E-state index contributed by atoms with van der Waals surface area (Å²) in [6.07, 6.45) is -0.426. The van der Waals surface area contributed by atoms with Gasteiger partial charge in [0.15, 0.2) is 0 Å². The van der Waals surface area contributed by atoms with Gasteiger partial charge >= 0.3 is 0 Å². The zero-order valence-corrected chi connectivity index (χ0v) is 13.5. The quantitative estimate of drug-likeness (QED) is 0.760. The minimum absolute atomic E-state index is 0.00267. The summed E-state index contributed by atoms with van der Waals surface area (Å²) in [6.45, 7) is 8.41. The van der Waals surface area contributed by atoms with Crippen LogP contribution in [-0.4, -0.2) is 29.4 Å². The topological polar surface area (TPSA) is 49.3 Å². The lowest BCUT2D eigenvalue weighted by Crippen LogP contribution is -2.44. The molecule has 1 unspecified atom stereocenters. The van der Waals surface area contributed by atoms with Crippen LogP contribution in [0.4, 0.5) is 0 Å². The summed E-state index contributed by atoms with van der Waals surface area (Å²) < 4.78 is 0. The first kappa shape index (κ1) is 17.1. The van der Waals surface area contributed by atoms with Crippen LogP contribution < -0.4 is 5.32 Å². The van der Waals surface area contributed by atoms with Crippen molar-refractivity contribution in [2.75, 3.05) is 12.3 Å². The van der Waals surface area contributed by atoms with Gasteiger partial charge in [-0.3, -0.25) is 4.79 Å². The van der Waals surface area contributed by atoms with Gasteiger partial charge in [-0.25, -0.2) is 0 Å². The average Bonchev–Trinajstić information content (AvgIpc) is 2.43. The van der Waals surface area contributed by atoms with E-state index in [1.165, 1.54) is 11.8 Å². The fourth-order valence-corrected chi connectivity index (χ4v) is 2.80. The molecule has 1 aromatic carbocycles. The number of carbonyl (C=O) groups excluding carboxylic acids is 1. The van der Waals surface area contributed by atoms with E-state index in [2.05, 4.69) is 5.32 Å². The van der Waals surface area contributed by atoms with Crippen LogP contribution in [0.25, 0.3) is 0 Å². The van der Waals surface area contributed by atoms with Crippen molar-refractivity contribution in [1.29, 1.82) is 0 Å². The Morgan fingerprint density at radius 3 is 2.45 bits per heavy atom. The van der Waals surface area contributed by atoms with Crippen LogP contribution in [0.3, 0.4) is 0 Å². The molecule has 0 spiro atoms. The molecule has 3 nitrogen and oxygen atoms in total. The second-order valence-corrected chi connectivity index (χ2v) is 7.10. The first-order valence-electron chi connectivity index (χ1n) is 6.95. The van der Waals surface area contributed by atoms with E-state index in [0.29, 0.717) is 12.3 Å². The average molecular weight is 295 g/mol. The molecule has 112 valence electrons. The predicted octanol–water partition coefficient (Wildman–Crippen LogP) is 2.94. The Kier molecular flexibility index (Phi) is 6.56. The van der Waals surface area contributed by atoms with E-state index in [0.717, 1.165) is 4.90 Å². The zero-order chi connectivity index (χ0) is 15.2. The molecule has 0 aliphatic heterocycles. The molecule has 1 amide bonds. The minimum atomic E-state index is -0.426. The van der Waals surface area contributed by atoms with E-state index in [9.17, 15) is 9.90 Å². The number of hydrogen-bond donors (Lipinski definition) is 2. The zero-order valence-electron chi connectivity index (χ0n) is 12.7. The second kappa shape index (κ2) is 7.70. The van der Waals surface area contributed by atoms with Crippen molar-refractivity contribution in [3.05, 3.63) is 30.3 Å². The summed E-state index contributed by atoms with van der Waals surface area (Å²) in [5.41, 5.74) is -0.318. The molecule has 0 heterocycles. The van der Waals surface area contributed by atoms with Crippen molar-refractivity contribution in [2.45, 2.75) is 38.7 Å². The van der Waals surface area contributed by atoms with Crippen molar-refractivity contribution in [2.24, 2.45) is 11.3 Å². The highest BCUT2D eigenvalue weighted by molar-refractivity contribution is 8.00. The van der Waals surface area contributed by atoms with E-state index in [-0.39, 0.29) is 17.2 Å². The number of rotatable bonds is 7. The number of aliphatic hydroxyl groups excluding tert-OH is 1. The summed E-state index contributed by atoms with van der Waals surface area (Å²) >= 11 is 1.52. The van der Waals surface area contributed by atoms with E-state index >= 15 is 0 Å². The van der Waals surface area contributed by atoms with Gasteiger partial charge in [-0.2, -0.15) is 0 Å². The number of benzene rings is 1. The van der Waals surface area contributed by atoms with Crippen LogP contribution in [0.1, 0.15) is 27.7 Å². The monoisotopic (exact) mass is 295 g/mol. The molecule has 0 aliphatic carbocycles. The third-order valence-corrected chi connectivity index (χ3v) is 4.30. The number of carbonyl (C=O) groups is 1. The van der Waals surface area contributed by atoms with Crippen LogP contribution >= 0.6 is 11.8 Å². The lowest BCUT2D eigenvalue weighted by Gasteiger charge is -2.33. The Hall–Kier alpha value is -1.00. The summed E-state index contributed by atoms with van der Waals surface area (Å²) in [5, 5.41) is 13.0. The van der Waals surface area contributed by atoms with E-state index in [1.54, 1.807) is 0 Å². The van der Waals surface area contributed by atoms with Crippen LogP contribution in [-0.2, 0) is 4.79 Å². The number of hydrogen-bond acceptors (Lipinski definition) is 3. The first-order chi connectivity index (χ1) is 9.33. The predicted molar refractivity (Wildman–Crippen MR) is 84.8 cm³/mol. The summed E-state index contributed by atoms with van der Waals surface area (Å²) in [6, 6.07) is 9.86. The molecule has 1 rings (SSSR count). The van der Waals surface area contributed by atoms with Crippen molar-refractivity contribution >= 4 is 17.7 Å². The maximum Gasteiger partial charge on any atom is 0.230 e. The fraction of sp³-hybridized carbons (Fsp3) is 0.562. The maximum atomic E-state index is 11.8. The number of aliphatic hydroxyl groups is 1. The lowest BCUT2D eigenvalue weighted by molar-refractivity contribution is -0.119. The number of thioether (sulfide) groups is 1. The molecule has 20 heavy (non-hydrogen) atoms. The Morgan fingerprint density at radius 2 is 1.90 bits per heavy atom. The molecular formula is C16H25NO2S. The summed E-state index contributed by atoms with van der Waals surface area (Å²) in [7, 11) is 0.